The zero-order valence-electron chi connectivity index (χ0n) is 9.78. The molecule has 4 heteroatoms. The molecule has 90 valence electrons. The largest absolute Gasteiger partial charge is 0.341 e. The molecule has 1 atom stereocenters. The standard InChI is InChI=1S/C13H16IN3/c1-2-3-11(15)13-16-8-12(17-13)9-4-6-10(14)7-5-9/h4-8,11H,2-3,15H2,1H3,(H,16,17). The van der Waals surface area contributed by atoms with Crippen molar-refractivity contribution in [3.63, 3.8) is 0 Å². The summed E-state index contributed by atoms with van der Waals surface area (Å²) in [5.41, 5.74) is 8.20. The first-order valence-corrected chi connectivity index (χ1v) is 6.85. The number of halogens is 1. The van der Waals surface area contributed by atoms with Crippen LogP contribution >= 0.6 is 22.6 Å². The molecule has 1 heterocycles. The van der Waals surface area contributed by atoms with Gasteiger partial charge in [-0.1, -0.05) is 25.5 Å². The molecule has 3 N–H and O–H groups in total. The van der Waals surface area contributed by atoms with E-state index in [0.717, 1.165) is 29.9 Å². The highest BCUT2D eigenvalue weighted by Crippen LogP contribution is 2.21. The number of nitrogens with zero attached hydrogens (tertiary/aromatic N) is 1. The van der Waals surface area contributed by atoms with Gasteiger partial charge < -0.3 is 10.7 Å². The normalized spacial score (nSPS) is 12.6. The predicted octanol–water partition coefficient (Wildman–Crippen LogP) is 3.48. The number of rotatable bonds is 4. The number of nitrogens with one attached hydrogen (secondary N) is 1. The summed E-state index contributed by atoms with van der Waals surface area (Å²) in [6.45, 7) is 2.13. The highest BCUT2D eigenvalue weighted by molar-refractivity contribution is 14.1. The van der Waals surface area contributed by atoms with Crippen molar-refractivity contribution >= 4 is 22.6 Å². The van der Waals surface area contributed by atoms with Crippen LogP contribution in [0.5, 0.6) is 0 Å². The molecule has 3 nitrogen and oxygen atoms in total. The molecular formula is C13H16IN3. The average molecular weight is 341 g/mol. The molecule has 0 fully saturated rings. The van der Waals surface area contributed by atoms with Gasteiger partial charge in [0.1, 0.15) is 5.82 Å². The number of nitrogens with two attached hydrogens (primary N) is 1. The first-order chi connectivity index (χ1) is 8.20. The molecule has 0 radical (unpaired) electrons. The Kier molecular flexibility index (Phi) is 4.17. The molecule has 0 saturated heterocycles. The number of H-pyrrole nitrogens is 1. The Balaban J connectivity index is 2.20. The number of imidazole rings is 1. The molecule has 0 saturated carbocycles. The van der Waals surface area contributed by atoms with Crippen molar-refractivity contribution in [1.29, 1.82) is 0 Å². The van der Waals surface area contributed by atoms with Crippen LogP contribution in [-0.4, -0.2) is 9.97 Å². The summed E-state index contributed by atoms with van der Waals surface area (Å²) in [6, 6.07) is 8.36. The third-order valence-electron chi connectivity index (χ3n) is 2.70. The smallest absolute Gasteiger partial charge is 0.123 e. The number of hydrogen-bond acceptors (Lipinski definition) is 2. The number of aromatic amines is 1. The van der Waals surface area contributed by atoms with E-state index in [9.17, 15) is 0 Å². The lowest BCUT2D eigenvalue weighted by atomic mass is 10.1. The van der Waals surface area contributed by atoms with Crippen LogP contribution in [0.1, 0.15) is 31.6 Å². The minimum Gasteiger partial charge on any atom is -0.341 e. The van der Waals surface area contributed by atoms with Crippen LogP contribution < -0.4 is 5.73 Å². The third-order valence-corrected chi connectivity index (χ3v) is 3.42. The van der Waals surface area contributed by atoms with E-state index in [2.05, 4.69) is 63.7 Å². The van der Waals surface area contributed by atoms with Crippen molar-refractivity contribution in [3.8, 4) is 11.3 Å². The Hall–Kier alpha value is -0.880. The first-order valence-electron chi connectivity index (χ1n) is 5.77. The van der Waals surface area contributed by atoms with E-state index in [1.165, 1.54) is 3.57 Å². The quantitative estimate of drug-likeness (QED) is 0.837. The Morgan fingerprint density at radius 1 is 1.35 bits per heavy atom. The van der Waals surface area contributed by atoms with E-state index in [1.807, 2.05) is 6.20 Å². The number of aromatic nitrogens is 2. The average Bonchev–Trinajstić information content (AvgIpc) is 2.80. The maximum atomic E-state index is 6.03. The Labute approximate surface area is 115 Å². The topological polar surface area (TPSA) is 54.7 Å². The lowest BCUT2D eigenvalue weighted by molar-refractivity contribution is 0.609. The fourth-order valence-electron chi connectivity index (χ4n) is 1.75. The molecule has 17 heavy (non-hydrogen) atoms. The van der Waals surface area contributed by atoms with Gasteiger partial charge in [-0.15, -0.1) is 0 Å². The van der Waals surface area contributed by atoms with Gasteiger partial charge in [0.2, 0.25) is 0 Å². The van der Waals surface area contributed by atoms with E-state index in [0.29, 0.717) is 0 Å². The van der Waals surface area contributed by atoms with Gasteiger partial charge in [-0.25, -0.2) is 4.98 Å². The summed E-state index contributed by atoms with van der Waals surface area (Å²) in [4.78, 5) is 7.65. The van der Waals surface area contributed by atoms with Crippen molar-refractivity contribution < 1.29 is 0 Å². The fourth-order valence-corrected chi connectivity index (χ4v) is 2.11. The van der Waals surface area contributed by atoms with Crippen LogP contribution in [0.25, 0.3) is 11.3 Å². The van der Waals surface area contributed by atoms with Gasteiger partial charge >= 0.3 is 0 Å². The molecule has 0 bridgehead atoms. The highest BCUT2D eigenvalue weighted by atomic mass is 127. The van der Waals surface area contributed by atoms with Gasteiger partial charge in [-0.2, -0.15) is 0 Å². The van der Waals surface area contributed by atoms with E-state index in [1.54, 1.807) is 0 Å². The second-order valence-corrected chi connectivity index (χ2v) is 5.33. The second-order valence-electron chi connectivity index (χ2n) is 4.08. The predicted molar refractivity (Wildman–Crippen MR) is 78.6 cm³/mol. The van der Waals surface area contributed by atoms with Gasteiger partial charge in [0.25, 0.3) is 0 Å². The maximum absolute atomic E-state index is 6.03. The summed E-state index contributed by atoms with van der Waals surface area (Å²) in [5, 5.41) is 0. The second kappa shape index (κ2) is 5.64. The zero-order valence-corrected chi connectivity index (χ0v) is 11.9. The van der Waals surface area contributed by atoms with Crippen molar-refractivity contribution in [2.75, 3.05) is 0 Å². The van der Waals surface area contributed by atoms with E-state index in [-0.39, 0.29) is 6.04 Å². The minimum absolute atomic E-state index is 0.0117. The van der Waals surface area contributed by atoms with Crippen molar-refractivity contribution in [2.45, 2.75) is 25.8 Å². The minimum atomic E-state index is 0.0117. The van der Waals surface area contributed by atoms with Crippen molar-refractivity contribution in [2.24, 2.45) is 5.73 Å². The van der Waals surface area contributed by atoms with Crippen LogP contribution in [-0.2, 0) is 0 Å². The number of hydrogen-bond donors (Lipinski definition) is 2. The summed E-state index contributed by atoms with van der Waals surface area (Å²) in [6.07, 6.45) is 3.88. The molecule has 0 aliphatic heterocycles. The van der Waals surface area contributed by atoms with Gasteiger partial charge in [-0.3, -0.25) is 0 Å². The Bertz CT molecular complexity index is 476. The van der Waals surface area contributed by atoms with Crippen LogP contribution in [0.3, 0.4) is 0 Å². The zero-order chi connectivity index (χ0) is 12.3. The molecule has 2 aromatic rings. The van der Waals surface area contributed by atoms with Crippen LogP contribution in [0.15, 0.2) is 30.5 Å². The van der Waals surface area contributed by atoms with Crippen LogP contribution in [0.2, 0.25) is 0 Å². The van der Waals surface area contributed by atoms with E-state index in [4.69, 9.17) is 5.73 Å². The Morgan fingerprint density at radius 2 is 2.06 bits per heavy atom. The monoisotopic (exact) mass is 341 g/mol. The van der Waals surface area contributed by atoms with Crippen molar-refractivity contribution in [1.82, 2.24) is 9.97 Å². The maximum Gasteiger partial charge on any atom is 0.123 e. The van der Waals surface area contributed by atoms with Gasteiger partial charge in [-0.05, 0) is 46.7 Å². The van der Waals surface area contributed by atoms with Crippen LogP contribution in [0, 0.1) is 3.57 Å². The molecular weight excluding hydrogens is 325 g/mol. The first kappa shape index (κ1) is 12.6. The molecule has 0 aliphatic rings. The SMILES string of the molecule is CCCC(N)c1ncc(-c2ccc(I)cc2)[nH]1. The third kappa shape index (κ3) is 3.07. The summed E-state index contributed by atoms with van der Waals surface area (Å²) >= 11 is 2.30. The molecule has 1 aromatic heterocycles. The highest BCUT2D eigenvalue weighted by Gasteiger charge is 2.09. The summed E-state index contributed by atoms with van der Waals surface area (Å²) in [7, 11) is 0. The lowest BCUT2D eigenvalue weighted by Gasteiger charge is -2.05. The molecule has 0 spiro atoms. The van der Waals surface area contributed by atoms with Crippen molar-refractivity contribution in [3.05, 3.63) is 39.9 Å². The molecule has 2 rings (SSSR count). The van der Waals surface area contributed by atoms with E-state index < -0.39 is 0 Å². The van der Waals surface area contributed by atoms with Crippen LogP contribution in [0.4, 0.5) is 0 Å². The molecule has 1 unspecified atom stereocenters. The Morgan fingerprint density at radius 3 is 2.71 bits per heavy atom. The molecule has 0 aliphatic carbocycles. The molecule has 1 aromatic carbocycles. The van der Waals surface area contributed by atoms with Gasteiger partial charge in [0.05, 0.1) is 17.9 Å². The summed E-state index contributed by atoms with van der Waals surface area (Å²) < 4.78 is 1.23. The lowest BCUT2D eigenvalue weighted by Crippen LogP contribution is -2.11. The summed E-state index contributed by atoms with van der Waals surface area (Å²) in [5.74, 6) is 0.875. The molecule has 0 amide bonds. The van der Waals surface area contributed by atoms with E-state index >= 15 is 0 Å². The fraction of sp³-hybridized carbons (Fsp3) is 0.308. The van der Waals surface area contributed by atoms with Gasteiger partial charge in [0.15, 0.2) is 0 Å². The van der Waals surface area contributed by atoms with Gasteiger partial charge in [0, 0.05) is 3.57 Å². The number of benzene rings is 1.